The molecule has 0 spiro atoms. The topological polar surface area (TPSA) is 72.8 Å². The summed E-state index contributed by atoms with van der Waals surface area (Å²) in [6.07, 6.45) is 6.43. The molecule has 0 aromatic rings. The van der Waals surface area contributed by atoms with Gasteiger partial charge in [0.15, 0.2) is 5.41 Å². The summed E-state index contributed by atoms with van der Waals surface area (Å²) in [5, 5.41) is 8.83. The molecule has 116 valence electrons. The predicted octanol–water partition coefficient (Wildman–Crippen LogP) is 2.06. The van der Waals surface area contributed by atoms with Crippen molar-refractivity contribution >= 4 is 11.9 Å². The molecule has 0 saturated heterocycles. The Hall–Kier alpha value is -1.10. The summed E-state index contributed by atoms with van der Waals surface area (Å²) in [6, 6.07) is 0. The highest BCUT2D eigenvalue weighted by molar-refractivity contribution is 6.00. The van der Waals surface area contributed by atoms with Crippen LogP contribution in [0.4, 0.5) is 0 Å². The first-order chi connectivity index (χ1) is 9.63. The number of carbonyl (C=O) groups excluding carboxylic acids is 2. The lowest BCUT2D eigenvalue weighted by molar-refractivity contribution is -0.174. The van der Waals surface area contributed by atoms with Gasteiger partial charge in [0.2, 0.25) is 0 Å². The molecule has 20 heavy (non-hydrogen) atoms. The van der Waals surface area contributed by atoms with E-state index in [0.717, 1.165) is 32.1 Å². The molecule has 0 unspecified atom stereocenters. The van der Waals surface area contributed by atoms with Crippen molar-refractivity contribution < 1.29 is 24.2 Å². The molecule has 0 atom stereocenters. The van der Waals surface area contributed by atoms with Gasteiger partial charge >= 0.3 is 11.9 Å². The standard InChI is InChI=1S/C15H26O5/c1-19-13(17)15(14(18)20-2,10-6-3-7-11-16)12-8-4-5-9-12/h12,16H,3-11H2,1-2H3. The second-order valence-electron chi connectivity index (χ2n) is 5.47. The summed E-state index contributed by atoms with van der Waals surface area (Å²) in [6.45, 7) is 0.132. The van der Waals surface area contributed by atoms with Crippen molar-refractivity contribution in [2.45, 2.75) is 51.4 Å². The molecule has 5 nitrogen and oxygen atoms in total. The Labute approximate surface area is 120 Å². The first-order valence-electron chi connectivity index (χ1n) is 7.41. The highest BCUT2D eigenvalue weighted by Gasteiger charge is 2.54. The molecule has 1 fully saturated rings. The minimum Gasteiger partial charge on any atom is -0.468 e. The maximum Gasteiger partial charge on any atom is 0.323 e. The average molecular weight is 286 g/mol. The van der Waals surface area contributed by atoms with E-state index in [0.29, 0.717) is 19.3 Å². The van der Waals surface area contributed by atoms with Gasteiger partial charge in [-0.15, -0.1) is 0 Å². The van der Waals surface area contributed by atoms with E-state index >= 15 is 0 Å². The van der Waals surface area contributed by atoms with Gasteiger partial charge in [-0.1, -0.05) is 25.7 Å². The molecule has 1 N–H and O–H groups in total. The van der Waals surface area contributed by atoms with Gasteiger partial charge in [0, 0.05) is 6.61 Å². The van der Waals surface area contributed by atoms with E-state index in [2.05, 4.69) is 0 Å². The fraction of sp³-hybridized carbons (Fsp3) is 0.867. The molecule has 0 heterocycles. The number of aliphatic hydroxyl groups is 1. The number of esters is 2. The SMILES string of the molecule is COC(=O)C(CCCCCO)(C(=O)OC)C1CCCC1. The summed E-state index contributed by atoms with van der Waals surface area (Å²) in [5.41, 5.74) is -1.16. The summed E-state index contributed by atoms with van der Waals surface area (Å²) >= 11 is 0. The molecule has 0 bridgehead atoms. The Kier molecular flexibility index (Phi) is 6.99. The summed E-state index contributed by atoms with van der Waals surface area (Å²) < 4.78 is 9.84. The fourth-order valence-electron chi connectivity index (χ4n) is 3.30. The van der Waals surface area contributed by atoms with E-state index in [1.165, 1.54) is 14.2 Å². The maximum atomic E-state index is 12.3. The number of rotatable bonds is 8. The smallest absolute Gasteiger partial charge is 0.323 e. The van der Waals surface area contributed by atoms with Crippen LogP contribution in [0.3, 0.4) is 0 Å². The third kappa shape index (κ3) is 3.51. The lowest BCUT2D eigenvalue weighted by Gasteiger charge is -2.33. The molecule has 1 aliphatic rings. The lowest BCUT2D eigenvalue weighted by atomic mass is 9.70. The lowest BCUT2D eigenvalue weighted by Crippen LogP contribution is -2.46. The van der Waals surface area contributed by atoms with Crippen LogP contribution in [0.15, 0.2) is 0 Å². The van der Waals surface area contributed by atoms with E-state index < -0.39 is 17.4 Å². The van der Waals surface area contributed by atoms with E-state index in [1.54, 1.807) is 0 Å². The molecular formula is C15H26O5. The summed E-state index contributed by atoms with van der Waals surface area (Å²) in [5.74, 6) is -0.933. The average Bonchev–Trinajstić information content (AvgIpc) is 3.00. The molecule has 1 saturated carbocycles. The monoisotopic (exact) mass is 286 g/mol. The largest absolute Gasteiger partial charge is 0.468 e. The highest BCUT2D eigenvalue weighted by atomic mass is 16.5. The second kappa shape index (κ2) is 8.25. The van der Waals surface area contributed by atoms with E-state index in [1.807, 2.05) is 0 Å². The van der Waals surface area contributed by atoms with Crippen molar-refractivity contribution in [3.8, 4) is 0 Å². The van der Waals surface area contributed by atoms with Gasteiger partial charge in [0.25, 0.3) is 0 Å². The van der Waals surface area contributed by atoms with Crippen molar-refractivity contribution in [1.29, 1.82) is 0 Å². The number of aliphatic hydroxyl groups excluding tert-OH is 1. The molecule has 5 heteroatoms. The van der Waals surface area contributed by atoms with Crippen LogP contribution < -0.4 is 0 Å². The van der Waals surface area contributed by atoms with Crippen molar-refractivity contribution in [3.05, 3.63) is 0 Å². The Morgan fingerprint density at radius 3 is 2.05 bits per heavy atom. The molecular weight excluding hydrogens is 260 g/mol. The summed E-state index contributed by atoms with van der Waals surface area (Å²) in [4.78, 5) is 24.6. The van der Waals surface area contributed by atoms with Crippen molar-refractivity contribution in [2.24, 2.45) is 11.3 Å². The van der Waals surface area contributed by atoms with Crippen LogP contribution >= 0.6 is 0 Å². The van der Waals surface area contributed by atoms with Crippen LogP contribution in [0.1, 0.15) is 51.4 Å². The van der Waals surface area contributed by atoms with E-state index in [-0.39, 0.29) is 12.5 Å². The first-order valence-corrected chi connectivity index (χ1v) is 7.41. The molecule has 0 aromatic carbocycles. The first kappa shape index (κ1) is 17.0. The molecule has 0 amide bonds. The zero-order valence-electron chi connectivity index (χ0n) is 12.5. The number of methoxy groups -OCH3 is 2. The predicted molar refractivity (Wildman–Crippen MR) is 74.0 cm³/mol. The number of hydrogen-bond donors (Lipinski definition) is 1. The minimum absolute atomic E-state index is 0.0107. The van der Waals surface area contributed by atoms with Gasteiger partial charge in [-0.3, -0.25) is 9.59 Å². The molecule has 1 rings (SSSR count). The molecule has 0 aliphatic heterocycles. The molecule has 1 aliphatic carbocycles. The zero-order valence-corrected chi connectivity index (χ0v) is 12.5. The van der Waals surface area contributed by atoms with Gasteiger partial charge in [-0.25, -0.2) is 0 Å². The maximum absolute atomic E-state index is 12.3. The summed E-state index contributed by atoms with van der Waals surface area (Å²) in [7, 11) is 2.64. The third-order valence-electron chi connectivity index (χ3n) is 4.38. The number of ether oxygens (including phenoxy) is 2. The fourth-order valence-corrected chi connectivity index (χ4v) is 3.30. The number of unbranched alkanes of at least 4 members (excludes halogenated alkanes) is 2. The van der Waals surface area contributed by atoms with Crippen molar-refractivity contribution in [3.63, 3.8) is 0 Å². The minimum atomic E-state index is -1.16. The van der Waals surface area contributed by atoms with E-state index in [9.17, 15) is 9.59 Å². The third-order valence-corrected chi connectivity index (χ3v) is 4.38. The van der Waals surface area contributed by atoms with Crippen LogP contribution in [0.5, 0.6) is 0 Å². The van der Waals surface area contributed by atoms with Crippen molar-refractivity contribution in [2.75, 3.05) is 20.8 Å². The molecule has 0 radical (unpaired) electrons. The number of hydrogen-bond acceptors (Lipinski definition) is 5. The highest BCUT2D eigenvalue weighted by Crippen LogP contribution is 2.45. The second-order valence-corrected chi connectivity index (χ2v) is 5.47. The quantitative estimate of drug-likeness (QED) is 0.420. The normalized spacial score (nSPS) is 16.1. The van der Waals surface area contributed by atoms with E-state index in [4.69, 9.17) is 14.6 Å². The molecule has 0 aromatic heterocycles. The Morgan fingerprint density at radius 1 is 1.05 bits per heavy atom. The van der Waals surface area contributed by atoms with Gasteiger partial charge < -0.3 is 14.6 Å². The van der Waals surface area contributed by atoms with Crippen LogP contribution in [-0.4, -0.2) is 37.9 Å². The van der Waals surface area contributed by atoms with Crippen LogP contribution in [0.2, 0.25) is 0 Å². The van der Waals surface area contributed by atoms with Gasteiger partial charge in [0.1, 0.15) is 0 Å². The van der Waals surface area contributed by atoms with Gasteiger partial charge in [-0.05, 0) is 31.6 Å². The number of carbonyl (C=O) groups is 2. The Bertz CT molecular complexity index is 304. The van der Waals surface area contributed by atoms with Gasteiger partial charge in [0.05, 0.1) is 14.2 Å². The van der Waals surface area contributed by atoms with Crippen molar-refractivity contribution in [1.82, 2.24) is 0 Å². The van der Waals surface area contributed by atoms with Crippen LogP contribution in [0, 0.1) is 11.3 Å². The Morgan fingerprint density at radius 2 is 1.60 bits per heavy atom. The Balaban J connectivity index is 2.92. The zero-order chi connectivity index (χ0) is 15.0. The van der Waals surface area contributed by atoms with Crippen LogP contribution in [0.25, 0.3) is 0 Å². The van der Waals surface area contributed by atoms with Gasteiger partial charge in [-0.2, -0.15) is 0 Å². The van der Waals surface area contributed by atoms with Crippen LogP contribution in [-0.2, 0) is 19.1 Å².